The van der Waals surface area contributed by atoms with E-state index >= 15 is 0 Å². The van der Waals surface area contributed by atoms with Crippen LogP contribution in [-0.4, -0.2) is 16.1 Å². The number of hydrogen-bond donors (Lipinski definition) is 0. The molecule has 13 heavy (non-hydrogen) atoms. The first kappa shape index (κ1) is 10.8. The van der Waals surface area contributed by atoms with E-state index in [-0.39, 0.29) is 0 Å². The Kier molecular flexibility index (Phi) is 2.60. The summed E-state index contributed by atoms with van der Waals surface area (Å²) in [5, 5.41) is 2.48. The second-order valence-corrected chi connectivity index (χ2v) is 15.6. The van der Waals surface area contributed by atoms with Gasteiger partial charge in [-0.2, -0.15) is 0 Å². The van der Waals surface area contributed by atoms with Crippen LogP contribution in [0.25, 0.3) is 0 Å². The maximum atomic E-state index is 5.94. The average Bonchev–Trinajstić information content (AvgIpc) is 2.28. The van der Waals surface area contributed by atoms with E-state index in [1.54, 1.807) is 0 Å². The molecule has 1 nitrogen and oxygen atoms in total. The van der Waals surface area contributed by atoms with E-state index in [1.165, 1.54) is 10.8 Å². The Balaban J connectivity index is 3.01. The van der Waals surface area contributed by atoms with Gasteiger partial charge in [-0.05, 0) is 12.1 Å². The Hall–Kier alpha value is -0.286. The lowest BCUT2D eigenvalue weighted by atomic mass is 10.7. The zero-order valence-corrected chi connectivity index (χ0v) is 11.6. The highest BCUT2D eigenvalue weighted by Gasteiger charge is 2.25. The highest BCUT2D eigenvalue weighted by molar-refractivity contribution is 6.89. The molecular formula is C10H20OSi2. The molecule has 0 unspecified atom stereocenters. The topological polar surface area (TPSA) is 13.1 Å². The molecule has 0 spiro atoms. The van der Waals surface area contributed by atoms with Crippen molar-refractivity contribution < 1.29 is 4.42 Å². The van der Waals surface area contributed by atoms with Crippen molar-refractivity contribution in [2.75, 3.05) is 0 Å². The smallest absolute Gasteiger partial charge is 0.123 e. The summed E-state index contributed by atoms with van der Waals surface area (Å²) in [4.78, 5) is 0. The highest BCUT2D eigenvalue weighted by Crippen LogP contribution is 2.06. The van der Waals surface area contributed by atoms with Crippen LogP contribution in [0.3, 0.4) is 0 Å². The van der Waals surface area contributed by atoms with E-state index in [1.807, 2.05) is 0 Å². The van der Waals surface area contributed by atoms with Gasteiger partial charge in [-0.3, -0.25) is 0 Å². The third-order valence-electron chi connectivity index (χ3n) is 2.08. The molecule has 0 atom stereocenters. The molecule has 0 N–H and O–H groups in total. The molecule has 1 aromatic heterocycles. The van der Waals surface area contributed by atoms with Gasteiger partial charge in [-0.25, -0.2) is 0 Å². The van der Waals surface area contributed by atoms with E-state index in [0.29, 0.717) is 0 Å². The molecule has 0 aliphatic rings. The average molecular weight is 212 g/mol. The van der Waals surface area contributed by atoms with Crippen molar-refractivity contribution in [3.63, 3.8) is 0 Å². The van der Waals surface area contributed by atoms with Crippen LogP contribution in [0.2, 0.25) is 39.3 Å². The second kappa shape index (κ2) is 3.13. The summed E-state index contributed by atoms with van der Waals surface area (Å²) in [6.45, 7) is 13.9. The van der Waals surface area contributed by atoms with Gasteiger partial charge in [0.05, 0.1) is 10.8 Å². The Labute approximate surface area is 83.2 Å². The number of rotatable bonds is 2. The van der Waals surface area contributed by atoms with Crippen LogP contribution in [0.15, 0.2) is 16.5 Å². The Bertz CT molecular complexity index is 260. The number of hydrogen-bond acceptors (Lipinski definition) is 1. The van der Waals surface area contributed by atoms with E-state index in [9.17, 15) is 0 Å². The lowest BCUT2D eigenvalue weighted by Gasteiger charge is -2.15. The molecule has 74 valence electrons. The van der Waals surface area contributed by atoms with Gasteiger partial charge in [0.2, 0.25) is 0 Å². The third-order valence-corrected chi connectivity index (χ3v) is 5.58. The molecule has 3 heteroatoms. The van der Waals surface area contributed by atoms with Crippen molar-refractivity contribution in [2.24, 2.45) is 0 Å². The van der Waals surface area contributed by atoms with Gasteiger partial charge in [0.25, 0.3) is 0 Å². The van der Waals surface area contributed by atoms with Gasteiger partial charge in [0, 0.05) is 0 Å². The van der Waals surface area contributed by atoms with E-state index in [4.69, 9.17) is 4.42 Å². The lowest BCUT2D eigenvalue weighted by Crippen LogP contribution is -2.40. The fourth-order valence-electron chi connectivity index (χ4n) is 1.14. The fourth-order valence-corrected chi connectivity index (χ4v) is 3.25. The molecule has 0 aliphatic carbocycles. The Morgan fingerprint density at radius 2 is 1.08 bits per heavy atom. The first-order valence-electron chi connectivity index (χ1n) is 4.82. The molecule has 0 amide bonds. The molecular weight excluding hydrogens is 192 g/mol. The molecule has 0 fully saturated rings. The molecule has 0 saturated carbocycles. The summed E-state index contributed by atoms with van der Waals surface area (Å²) >= 11 is 0. The highest BCUT2D eigenvalue weighted by atomic mass is 28.3. The van der Waals surface area contributed by atoms with Crippen molar-refractivity contribution in [2.45, 2.75) is 39.3 Å². The summed E-state index contributed by atoms with van der Waals surface area (Å²) < 4.78 is 5.94. The molecule has 1 heterocycles. The summed E-state index contributed by atoms with van der Waals surface area (Å²) in [5.74, 6) is 0. The van der Waals surface area contributed by atoms with E-state index in [0.717, 1.165) is 0 Å². The van der Waals surface area contributed by atoms with Crippen LogP contribution in [0.4, 0.5) is 0 Å². The quantitative estimate of drug-likeness (QED) is 0.686. The molecule has 0 aromatic carbocycles. The second-order valence-electron chi connectivity index (χ2n) is 5.66. The normalized spacial score (nSPS) is 13.4. The van der Waals surface area contributed by atoms with Crippen molar-refractivity contribution >= 4 is 26.9 Å². The molecule has 0 radical (unpaired) electrons. The van der Waals surface area contributed by atoms with E-state index < -0.39 is 16.1 Å². The van der Waals surface area contributed by atoms with Crippen LogP contribution in [0.1, 0.15) is 0 Å². The minimum absolute atomic E-state index is 1.24. The van der Waals surface area contributed by atoms with Gasteiger partial charge < -0.3 is 4.42 Å². The summed E-state index contributed by atoms with van der Waals surface area (Å²) in [6.07, 6.45) is 0. The minimum atomic E-state index is -1.24. The summed E-state index contributed by atoms with van der Waals surface area (Å²) in [5.41, 5.74) is 0. The van der Waals surface area contributed by atoms with Crippen LogP contribution in [0.5, 0.6) is 0 Å². The van der Waals surface area contributed by atoms with E-state index in [2.05, 4.69) is 51.4 Å². The summed E-state index contributed by atoms with van der Waals surface area (Å²) in [7, 11) is -2.47. The predicted molar refractivity (Wildman–Crippen MR) is 64.7 cm³/mol. The first-order valence-corrected chi connectivity index (χ1v) is 11.8. The molecule has 1 aromatic rings. The van der Waals surface area contributed by atoms with Crippen molar-refractivity contribution in [1.82, 2.24) is 0 Å². The van der Waals surface area contributed by atoms with Gasteiger partial charge in [0.1, 0.15) is 16.1 Å². The third kappa shape index (κ3) is 2.58. The SMILES string of the molecule is C[Si](C)(C)c1ccc([Si](C)(C)C)o1. The van der Waals surface area contributed by atoms with Crippen molar-refractivity contribution in [3.8, 4) is 0 Å². The zero-order valence-electron chi connectivity index (χ0n) is 9.56. The monoisotopic (exact) mass is 212 g/mol. The van der Waals surface area contributed by atoms with Crippen LogP contribution >= 0.6 is 0 Å². The van der Waals surface area contributed by atoms with Crippen LogP contribution in [-0.2, 0) is 0 Å². The first-order chi connectivity index (χ1) is 5.71. The Morgan fingerprint density at radius 3 is 1.23 bits per heavy atom. The van der Waals surface area contributed by atoms with Crippen LogP contribution < -0.4 is 10.8 Å². The van der Waals surface area contributed by atoms with Gasteiger partial charge in [0.15, 0.2) is 0 Å². The maximum absolute atomic E-state index is 5.94. The predicted octanol–water partition coefficient (Wildman–Crippen LogP) is 2.37. The van der Waals surface area contributed by atoms with Crippen LogP contribution in [0, 0.1) is 0 Å². The molecule has 0 bridgehead atoms. The Morgan fingerprint density at radius 1 is 0.769 bits per heavy atom. The van der Waals surface area contributed by atoms with Gasteiger partial charge in [-0.15, -0.1) is 0 Å². The van der Waals surface area contributed by atoms with Gasteiger partial charge >= 0.3 is 0 Å². The number of furan rings is 1. The maximum Gasteiger partial charge on any atom is 0.123 e. The van der Waals surface area contributed by atoms with Crippen molar-refractivity contribution in [1.29, 1.82) is 0 Å². The molecule has 0 aliphatic heterocycles. The largest absolute Gasteiger partial charge is 0.476 e. The molecule has 1 rings (SSSR count). The standard InChI is InChI=1S/C10H20OSi2/c1-12(2,3)9-7-8-10(11-9)13(4,5)6/h7-8H,1-6H3. The summed E-state index contributed by atoms with van der Waals surface area (Å²) in [6, 6.07) is 4.36. The lowest BCUT2D eigenvalue weighted by molar-refractivity contribution is 0.629. The fraction of sp³-hybridized carbons (Fsp3) is 0.600. The van der Waals surface area contributed by atoms with Gasteiger partial charge in [-0.1, -0.05) is 39.3 Å². The zero-order chi connectivity index (χ0) is 10.3. The molecule has 0 saturated heterocycles. The van der Waals surface area contributed by atoms with Crippen molar-refractivity contribution in [3.05, 3.63) is 12.1 Å². The minimum Gasteiger partial charge on any atom is -0.476 e.